The van der Waals surface area contributed by atoms with Gasteiger partial charge in [-0.25, -0.2) is 0 Å². The van der Waals surface area contributed by atoms with Crippen molar-refractivity contribution in [3.63, 3.8) is 0 Å². The summed E-state index contributed by atoms with van der Waals surface area (Å²) in [5.74, 6) is 0. The van der Waals surface area contributed by atoms with Crippen molar-refractivity contribution in [2.24, 2.45) is 0 Å². The van der Waals surface area contributed by atoms with Gasteiger partial charge in [-0.05, 0) is 30.7 Å². The van der Waals surface area contributed by atoms with E-state index in [0.29, 0.717) is 0 Å². The zero-order valence-electron chi connectivity index (χ0n) is 9.07. The Morgan fingerprint density at radius 3 is 2.25 bits per heavy atom. The molecule has 76 valence electrons. The molecule has 0 radical (unpaired) electrons. The van der Waals surface area contributed by atoms with E-state index in [-0.39, 0.29) is 0 Å². The minimum Gasteiger partial charge on any atom is -0.309 e. The Hall–Kier alpha value is -2.02. The summed E-state index contributed by atoms with van der Waals surface area (Å²) in [6.07, 6.45) is 0. The molecule has 1 heteroatoms. The van der Waals surface area contributed by atoms with Crippen LogP contribution in [0.1, 0.15) is 5.56 Å². The highest BCUT2D eigenvalue weighted by Gasteiger charge is 2.11. The van der Waals surface area contributed by atoms with Gasteiger partial charge >= 0.3 is 0 Å². The second-order valence-corrected chi connectivity index (χ2v) is 4.39. The predicted octanol–water partition coefficient (Wildman–Crippen LogP) is 3.99. The average Bonchev–Trinajstić information content (AvgIpc) is 2.82. The van der Waals surface area contributed by atoms with Crippen molar-refractivity contribution in [2.75, 3.05) is 0 Å². The van der Waals surface area contributed by atoms with Gasteiger partial charge in [-0.3, -0.25) is 0 Å². The van der Waals surface area contributed by atoms with E-state index in [1.807, 2.05) is 0 Å². The Bertz CT molecular complexity index is 808. The van der Waals surface area contributed by atoms with Crippen LogP contribution in [0.3, 0.4) is 0 Å². The van der Waals surface area contributed by atoms with Gasteiger partial charge in [0.1, 0.15) is 0 Å². The van der Waals surface area contributed by atoms with Crippen molar-refractivity contribution in [1.29, 1.82) is 0 Å². The number of fused-ring (bicyclic) bond motifs is 3. The summed E-state index contributed by atoms with van der Waals surface area (Å²) in [5, 5.41) is 2.70. The Balaban J connectivity index is 2.50. The van der Waals surface area contributed by atoms with Gasteiger partial charge in [0.05, 0.1) is 11.0 Å². The normalized spacial score (nSPS) is 12.1. The number of nitrogens with zero attached hydrogens (tertiary/aromatic N) is 1. The van der Waals surface area contributed by atoms with E-state index in [9.17, 15) is 0 Å². The first-order valence-corrected chi connectivity index (χ1v) is 5.57. The van der Waals surface area contributed by atoms with E-state index in [1.54, 1.807) is 0 Å². The van der Waals surface area contributed by atoms with Crippen LogP contribution in [0.4, 0.5) is 0 Å². The maximum Gasteiger partial charge on any atom is 0.0544 e. The van der Waals surface area contributed by atoms with Gasteiger partial charge in [-0.1, -0.05) is 30.3 Å². The Morgan fingerprint density at radius 1 is 0.750 bits per heavy atom. The van der Waals surface area contributed by atoms with E-state index in [1.165, 1.54) is 32.9 Å². The number of rotatable bonds is 0. The third kappa shape index (κ3) is 0.782. The SMILES string of the molecule is Cc1cc2c3ccccc3c3cccc1n32. The molecular formula is C15H11N. The average molecular weight is 205 g/mol. The Labute approximate surface area is 93.3 Å². The van der Waals surface area contributed by atoms with E-state index in [0.717, 1.165) is 0 Å². The van der Waals surface area contributed by atoms with Crippen LogP contribution < -0.4 is 0 Å². The largest absolute Gasteiger partial charge is 0.309 e. The van der Waals surface area contributed by atoms with Crippen molar-refractivity contribution in [3.05, 3.63) is 54.1 Å². The smallest absolute Gasteiger partial charge is 0.0544 e. The molecule has 1 nitrogen and oxygen atoms in total. The maximum atomic E-state index is 2.36. The van der Waals surface area contributed by atoms with Crippen molar-refractivity contribution >= 4 is 27.3 Å². The topological polar surface area (TPSA) is 4.41 Å². The molecule has 0 amide bonds. The van der Waals surface area contributed by atoms with Gasteiger partial charge in [-0.2, -0.15) is 0 Å². The fourth-order valence-corrected chi connectivity index (χ4v) is 2.76. The highest BCUT2D eigenvalue weighted by Crippen LogP contribution is 2.32. The summed E-state index contributed by atoms with van der Waals surface area (Å²) in [4.78, 5) is 0. The third-order valence-electron chi connectivity index (χ3n) is 3.47. The molecule has 0 bridgehead atoms. The first-order valence-electron chi connectivity index (χ1n) is 5.57. The lowest BCUT2D eigenvalue weighted by atomic mass is 10.1. The van der Waals surface area contributed by atoms with Crippen LogP contribution in [0.15, 0.2) is 48.5 Å². The molecule has 0 aliphatic rings. The molecule has 4 rings (SSSR count). The molecule has 3 aromatic heterocycles. The van der Waals surface area contributed by atoms with E-state index in [2.05, 4.69) is 59.9 Å². The summed E-state index contributed by atoms with van der Waals surface area (Å²) in [6.45, 7) is 2.18. The molecule has 0 saturated heterocycles. The van der Waals surface area contributed by atoms with E-state index < -0.39 is 0 Å². The number of hydrogen-bond acceptors (Lipinski definition) is 0. The molecular weight excluding hydrogens is 194 g/mol. The minimum atomic E-state index is 1.32. The van der Waals surface area contributed by atoms with Gasteiger partial charge in [0.25, 0.3) is 0 Å². The molecule has 0 fully saturated rings. The highest BCUT2D eigenvalue weighted by atomic mass is 14.9. The summed E-state index contributed by atoms with van der Waals surface area (Å²) < 4.78 is 2.36. The molecule has 0 unspecified atom stereocenters. The monoisotopic (exact) mass is 205 g/mol. The van der Waals surface area contributed by atoms with Crippen LogP contribution in [-0.2, 0) is 0 Å². The summed E-state index contributed by atoms with van der Waals surface area (Å²) in [7, 11) is 0. The van der Waals surface area contributed by atoms with Gasteiger partial charge in [-0.15, -0.1) is 0 Å². The second kappa shape index (κ2) is 2.56. The van der Waals surface area contributed by atoms with Crippen molar-refractivity contribution in [2.45, 2.75) is 6.92 Å². The lowest BCUT2D eigenvalue weighted by molar-refractivity contribution is 1.34. The maximum absolute atomic E-state index is 2.36. The quantitative estimate of drug-likeness (QED) is 0.409. The second-order valence-electron chi connectivity index (χ2n) is 4.39. The standard InChI is InChI=1S/C15H11N/c1-10-9-15-12-6-3-2-5-11(12)14-8-4-7-13(10)16(14)15/h2-9H,1H3. The van der Waals surface area contributed by atoms with Crippen molar-refractivity contribution in [3.8, 4) is 0 Å². The van der Waals surface area contributed by atoms with Gasteiger partial charge in [0.2, 0.25) is 0 Å². The zero-order chi connectivity index (χ0) is 10.7. The van der Waals surface area contributed by atoms with Gasteiger partial charge in [0, 0.05) is 16.3 Å². The minimum absolute atomic E-state index is 1.32. The first kappa shape index (κ1) is 8.17. The van der Waals surface area contributed by atoms with Crippen LogP contribution in [-0.4, -0.2) is 4.40 Å². The molecule has 0 aliphatic heterocycles. The lowest BCUT2D eigenvalue weighted by Crippen LogP contribution is -1.80. The number of aromatic nitrogens is 1. The molecule has 0 saturated carbocycles. The van der Waals surface area contributed by atoms with Crippen LogP contribution in [0.25, 0.3) is 27.3 Å². The van der Waals surface area contributed by atoms with Gasteiger partial charge in [0.15, 0.2) is 0 Å². The Morgan fingerprint density at radius 2 is 1.44 bits per heavy atom. The van der Waals surface area contributed by atoms with E-state index in [4.69, 9.17) is 0 Å². The third-order valence-corrected chi connectivity index (χ3v) is 3.47. The van der Waals surface area contributed by atoms with Crippen LogP contribution >= 0.6 is 0 Å². The van der Waals surface area contributed by atoms with Crippen molar-refractivity contribution < 1.29 is 0 Å². The number of hydrogen-bond donors (Lipinski definition) is 0. The number of aryl methyl sites for hydroxylation is 1. The fraction of sp³-hybridized carbons (Fsp3) is 0.0667. The lowest BCUT2D eigenvalue weighted by Gasteiger charge is -1.96. The molecule has 3 heterocycles. The molecule has 1 aromatic carbocycles. The first-order chi connectivity index (χ1) is 7.86. The van der Waals surface area contributed by atoms with Crippen LogP contribution in [0, 0.1) is 6.92 Å². The molecule has 4 aromatic rings. The molecule has 0 N–H and O–H groups in total. The van der Waals surface area contributed by atoms with Crippen molar-refractivity contribution in [1.82, 2.24) is 4.40 Å². The highest BCUT2D eigenvalue weighted by molar-refractivity contribution is 6.10. The zero-order valence-corrected chi connectivity index (χ0v) is 9.07. The van der Waals surface area contributed by atoms with Gasteiger partial charge < -0.3 is 4.40 Å². The fourth-order valence-electron chi connectivity index (χ4n) is 2.76. The summed E-state index contributed by atoms with van der Waals surface area (Å²) >= 11 is 0. The molecule has 0 atom stereocenters. The summed E-state index contributed by atoms with van der Waals surface area (Å²) in [5.41, 5.74) is 5.32. The molecule has 16 heavy (non-hydrogen) atoms. The van der Waals surface area contributed by atoms with E-state index >= 15 is 0 Å². The van der Waals surface area contributed by atoms with Crippen LogP contribution in [0.5, 0.6) is 0 Å². The predicted molar refractivity (Wildman–Crippen MR) is 68.3 cm³/mol. The molecule has 0 aliphatic carbocycles. The molecule has 0 spiro atoms. The summed E-state index contributed by atoms with van der Waals surface area (Å²) in [6, 6.07) is 17.4. The van der Waals surface area contributed by atoms with Crippen LogP contribution in [0.2, 0.25) is 0 Å². The Kier molecular flexibility index (Phi) is 1.31. The number of benzene rings is 1. The number of pyridine rings is 1.